The van der Waals surface area contributed by atoms with Crippen LogP contribution in [0.5, 0.6) is 5.75 Å². The predicted molar refractivity (Wildman–Crippen MR) is 81.6 cm³/mol. The van der Waals surface area contributed by atoms with Crippen LogP contribution in [0.1, 0.15) is 41.8 Å². The molecule has 1 rings (SSSR count). The van der Waals surface area contributed by atoms with Crippen LogP contribution in [-0.2, 0) is 9.47 Å². The fourth-order valence-corrected chi connectivity index (χ4v) is 2.16. The highest BCUT2D eigenvalue weighted by Gasteiger charge is 2.12. The highest BCUT2D eigenvalue weighted by molar-refractivity contribution is 5.93. The number of aryl methyl sites for hydroxylation is 2. The van der Waals surface area contributed by atoms with Crippen LogP contribution in [-0.4, -0.2) is 32.0 Å². The van der Waals surface area contributed by atoms with Gasteiger partial charge in [0.05, 0.1) is 6.61 Å². The van der Waals surface area contributed by atoms with E-state index in [9.17, 15) is 4.79 Å². The van der Waals surface area contributed by atoms with Crippen LogP contribution >= 0.6 is 0 Å². The van der Waals surface area contributed by atoms with E-state index in [1.165, 1.54) is 0 Å². The maximum Gasteiger partial charge on any atom is 0.248 e. The average molecular weight is 295 g/mol. The molecule has 0 unspecified atom stereocenters. The molecule has 0 aromatic heterocycles. The van der Waals surface area contributed by atoms with Crippen LogP contribution in [0, 0.1) is 13.8 Å². The van der Waals surface area contributed by atoms with Crippen LogP contribution in [0.3, 0.4) is 0 Å². The summed E-state index contributed by atoms with van der Waals surface area (Å²) in [5.41, 5.74) is 7.59. The molecule has 0 aliphatic heterocycles. The first-order chi connectivity index (χ1) is 9.99. The predicted octanol–water partition coefficient (Wildman–Crippen LogP) is 2.57. The molecule has 0 aliphatic rings. The Morgan fingerprint density at radius 2 is 1.67 bits per heavy atom. The van der Waals surface area contributed by atoms with Gasteiger partial charge in [0, 0.05) is 25.2 Å². The van der Waals surface area contributed by atoms with Gasteiger partial charge in [-0.2, -0.15) is 0 Å². The van der Waals surface area contributed by atoms with E-state index in [-0.39, 0.29) is 6.29 Å². The number of amides is 1. The highest BCUT2D eigenvalue weighted by atomic mass is 16.7. The summed E-state index contributed by atoms with van der Waals surface area (Å²) >= 11 is 0. The van der Waals surface area contributed by atoms with Crippen molar-refractivity contribution in [3.63, 3.8) is 0 Å². The molecule has 0 atom stereocenters. The fraction of sp³-hybridized carbons (Fsp3) is 0.562. The second-order valence-corrected chi connectivity index (χ2v) is 4.78. The summed E-state index contributed by atoms with van der Waals surface area (Å²) < 4.78 is 16.7. The number of hydrogen-bond donors (Lipinski definition) is 1. The molecule has 0 saturated heterocycles. The van der Waals surface area contributed by atoms with Gasteiger partial charge in [-0.3, -0.25) is 4.79 Å². The van der Waals surface area contributed by atoms with Gasteiger partial charge < -0.3 is 19.9 Å². The molecule has 0 radical (unpaired) electrons. The van der Waals surface area contributed by atoms with Crippen molar-refractivity contribution in [2.24, 2.45) is 5.73 Å². The van der Waals surface area contributed by atoms with E-state index >= 15 is 0 Å². The second-order valence-electron chi connectivity index (χ2n) is 4.78. The van der Waals surface area contributed by atoms with Gasteiger partial charge in [-0.15, -0.1) is 0 Å². The van der Waals surface area contributed by atoms with E-state index in [1.54, 1.807) is 12.1 Å². The Balaban J connectivity index is 2.65. The largest absolute Gasteiger partial charge is 0.493 e. The number of carbonyl (C=O) groups is 1. The van der Waals surface area contributed by atoms with Gasteiger partial charge in [0.25, 0.3) is 0 Å². The molecule has 5 heteroatoms. The van der Waals surface area contributed by atoms with Crippen molar-refractivity contribution in [2.45, 2.75) is 40.4 Å². The molecule has 0 heterocycles. The first-order valence-electron chi connectivity index (χ1n) is 7.26. The van der Waals surface area contributed by atoms with Crippen molar-refractivity contribution in [3.05, 3.63) is 28.8 Å². The zero-order chi connectivity index (χ0) is 15.8. The number of nitrogens with two attached hydrogens (primary N) is 1. The molecule has 1 amide bonds. The molecule has 0 fully saturated rings. The first-order valence-corrected chi connectivity index (χ1v) is 7.26. The molecule has 2 N–H and O–H groups in total. The zero-order valence-electron chi connectivity index (χ0n) is 13.3. The number of rotatable bonds is 9. The fourth-order valence-electron chi connectivity index (χ4n) is 2.16. The number of ether oxygens (including phenoxy) is 3. The Morgan fingerprint density at radius 3 is 2.10 bits per heavy atom. The monoisotopic (exact) mass is 295 g/mol. The Morgan fingerprint density at radius 1 is 1.14 bits per heavy atom. The van der Waals surface area contributed by atoms with Gasteiger partial charge in [-0.05, 0) is 51.0 Å². The van der Waals surface area contributed by atoms with Gasteiger partial charge >= 0.3 is 0 Å². The molecule has 0 spiro atoms. The van der Waals surface area contributed by atoms with Crippen LogP contribution < -0.4 is 10.5 Å². The van der Waals surface area contributed by atoms with Crippen molar-refractivity contribution >= 4 is 5.91 Å². The summed E-state index contributed by atoms with van der Waals surface area (Å²) in [5, 5.41) is 0. The molecular weight excluding hydrogens is 270 g/mol. The minimum Gasteiger partial charge on any atom is -0.493 e. The number of primary amides is 1. The molecular formula is C16H25NO4. The van der Waals surface area contributed by atoms with Crippen molar-refractivity contribution in [1.29, 1.82) is 0 Å². The van der Waals surface area contributed by atoms with Crippen LogP contribution in [0.15, 0.2) is 12.1 Å². The summed E-state index contributed by atoms with van der Waals surface area (Å²) in [6.07, 6.45) is 0.406. The lowest BCUT2D eigenvalue weighted by Crippen LogP contribution is -2.20. The Labute approximate surface area is 126 Å². The van der Waals surface area contributed by atoms with Crippen LogP contribution in [0.4, 0.5) is 0 Å². The van der Waals surface area contributed by atoms with E-state index in [2.05, 4.69) is 0 Å². The molecule has 118 valence electrons. The smallest absolute Gasteiger partial charge is 0.248 e. The SMILES string of the molecule is CCOC(CCOc1c(C)cc(C(N)=O)cc1C)OCC. The maximum absolute atomic E-state index is 11.2. The van der Waals surface area contributed by atoms with Crippen LogP contribution in [0.25, 0.3) is 0 Å². The summed E-state index contributed by atoms with van der Waals surface area (Å²) in [6.45, 7) is 9.37. The quantitative estimate of drug-likeness (QED) is 0.711. The van der Waals surface area contributed by atoms with E-state index in [0.717, 1.165) is 16.9 Å². The average Bonchev–Trinajstić information content (AvgIpc) is 2.41. The van der Waals surface area contributed by atoms with E-state index in [0.29, 0.717) is 31.8 Å². The molecule has 0 saturated carbocycles. The Kier molecular flexibility index (Phi) is 7.19. The van der Waals surface area contributed by atoms with Crippen molar-refractivity contribution in [3.8, 4) is 5.75 Å². The first kappa shape index (κ1) is 17.5. The third-order valence-electron chi connectivity index (χ3n) is 3.05. The third-order valence-corrected chi connectivity index (χ3v) is 3.05. The zero-order valence-corrected chi connectivity index (χ0v) is 13.3. The van der Waals surface area contributed by atoms with E-state index in [4.69, 9.17) is 19.9 Å². The van der Waals surface area contributed by atoms with Crippen molar-refractivity contribution in [2.75, 3.05) is 19.8 Å². The maximum atomic E-state index is 11.2. The number of benzene rings is 1. The number of carbonyl (C=O) groups excluding carboxylic acids is 1. The van der Waals surface area contributed by atoms with E-state index in [1.807, 2.05) is 27.7 Å². The third kappa shape index (κ3) is 5.36. The van der Waals surface area contributed by atoms with Gasteiger partial charge in [0.1, 0.15) is 5.75 Å². The molecule has 1 aromatic rings. The lowest BCUT2D eigenvalue weighted by atomic mass is 10.1. The Hall–Kier alpha value is -1.59. The minimum atomic E-state index is -0.430. The van der Waals surface area contributed by atoms with Crippen LogP contribution in [0.2, 0.25) is 0 Å². The standard InChI is InChI=1S/C16H25NO4/c1-5-19-14(20-6-2)7-8-21-15-11(3)9-13(16(17)18)10-12(15)4/h9-10,14H,5-8H2,1-4H3,(H2,17,18). The summed E-state index contributed by atoms with van der Waals surface area (Å²) in [5.74, 6) is 0.354. The van der Waals surface area contributed by atoms with Gasteiger partial charge in [-0.25, -0.2) is 0 Å². The summed E-state index contributed by atoms with van der Waals surface area (Å²) in [6, 6.07) is 3.49. The van der Waals surface area contributed by atoms with Crippen molar-refractivity contribution < 1.29 is 19.0 Å². The van der Waals surface area contributed by atoms with Gasteiger partial charge in [0.15, 0.2) is 6.29 Å². The lowest BCUT2D eigenvalue weighted by molar-refractivity contribution is -0.142. The summed E-state index contributed by atoms with van der Waals surface area (Å²) in [7, 11) is 0. The minimum absolute atomic E-state index is 0.245. The lowest BCUT2D eigenvalue weighted by Gasteiger charge is -2.18. The topological polar surface area (TPSA) is 70.8 Å². The van der Waals surface area contributed by atoms with Gasteiger partial charge in [0.2, 0.25) is 5.91 Å². The normalized spacial score (nSPS) is 10.9. The Bertz CT molecular complexity index is 444. The molecule has 5 nitrogen and oxygen atoms in total. The highest BCUT2D eigenvalue weighted by Crippen LogP contribution is 2.25. The van der Waals surface area contributed by atoms with E-state index < -0.39 is 5.91 Å². The summed E-state index contributed by atoms with van der Waals surface area (Å²) in [4.78, 5) is 11.2. The van der Waals surface area contributed by atoms with Crippen molar-refractivity contribution in [1.82, 2.24) is 0 Å². The van der Waals surface area contributed by atoms with Gasteiger partial charge in [-0.1, -0.05) is 0 Å². The molecule has 0 bridgehead atoms. The molecule has 0 aliphatic carbocycles. The number of hydrogen-bond acceptors (Lipinski definition) is 4. The molecule has 1 aromatic carbocycles. The molecule has 21 heavy (non-hydrogen) atoms. The second kappa shape index (κ2) is 8.64.